The van der Waals surface area contributed by atoms with E-state index in [-0.39, 0.29) is 31.3 Å². The summed E-state index contributed by atoms with van der Waals surface area (Å²) in [5.41, 5.74) is -0.713. The average Bonchev–Trinajstić information content (AvgIpc) is 3.36. The van der Waals surface area contributed by atoms with Gasteiger partial charge < -0.3 is 31.1 Å². The molecule has 0 radical (unpaired) electrons. The number of nitrogens with zero attached hydrogens (tertiary/aromatic N) is 2. The zero-order valence-electron chi connectivity index (χ0n) is 28.0. The first-order valence-corrected chi connectivity index (χ1v) is 15.2. The van der Waals surface area contributed by atoms with Gasteiger partial charge in [0.15, 0.2) is 0 Å². The first-order chi connectivity index (χ1) is 19.9. The molecular formula is C31H56N6O6. The van der Waals surface area contributed by atoms with Crippen molar-refractivity contribution in [1.29, 1.82) is 0 Å². The number of carbonyl (C=O) groups is 6. The van der Waals surface area contributed by atoms with Crippen molar-refractivity contribution in [3.63, 3.8) is 0 Å². The first kappa shape index (κ1) is 39.6. The molecule has 246 valence electrons. The van der Waals surface area contributed by atoms with Crippen molar-refractivity contribution in [3.8, 4) is 0 Å². The van der Waals surface area contributed by atoms with Gasteiger partial charge in [0.05, 0.1) is 12.6 Å². The van der Waals surface area contributed by atoms with Crippen molar-refractivity contribution in [2.24, 2.45) is 17.3 Å². The van der Waals surface area contributed by atoms with Gasteiger partial charge in [0.25, 0.3) is 5.91 Å². The fraction of sp³-hybridized carbons (Fsp3) is 0.742. The number of amides is 6. The molecule has 0 aromatic carbocycles. The summed E-state index contributed by atoms with van der Waals surface area (Å²) in [7, 11) is 3.14. The monoisotopic (exact) mass is 608 g/mol. The Morgan fingerprint density at radius 2 is 1.58 bits per heavy atom. The molecule has 4 atom stereocenters. The lowest BCUT2D eigenvalue weighted by Crippen LogP contribution is -2.60. The number of urea groups is 1. The minimum absolute atomic E-state index is 0.0491. The first-order valence-electron chi connectivity index (χ1n) is 15.2. The maximum absolute atomic E-state index is 13.8. The largest absolute Gasteiger partial charge is 0.347 e. The number of likely N-dealkylation sites (tertiary alicyclic amines) is 1. The molecule has 1 aliphatic rings. The lowest BCUT2D eigenvalue weighted by atomic mass is 9.85. The highest BCUT2D eigenvalue weighted by Gasteiger charge is 2.45. The molecule has 12 nitrogen and oxygen atoms in total. The van der Waals surface area contributed by atoms with Crippen molar-refractivity contribution in [2.45, 2.75) is 99.2 Å². The molecule has 12 heteroatoms. The van der Waals surface area contributed by atoms with Gasteiger partial charge in [0.2, 0.25) is 23.5 Å². The second-order valence-corrected chi connectivity index (χ2v) is 12.9. The predicted octanol–water partition coefficient (Wildman–Crippen LogP) is 2.23. The number of hydrogen-bond donors (Lipinski definition) is 4. The van der Waals surface area contributed by atoms with Gasteiger partial charge in [0.1, 0.15) is 12.1 Å². The summed E-state index contributed by atoms with van der Waals surface area (Å²) in [6.07, 6.45) is 3.39. The van der Waals surface area contributed by atoms with E-state index in [4.69, 9.17) is 0 Å². The van der Waals surface area contributed by atoms with Crippen LogP contribution in [-0.4, -0.2) is 97.1 Å². The number of ketones is 1. The summed E-state index contributed by atoms with van der Waals surface area (Å²) in [4.78, 5) is 79.4. The van der Waals surface area contributed by atoms with Gasteiger partial charge in [-0.05, 0) is 30.1 Å². The van der Waals surface area contributed by atoms with Crippen molar-refractivity contribution in [1.82, 2.24) is 31.1 Å². The van der Waals surface area contributed by atoms with Crippen LogP contribution in [0, 0.1) is 17.3 Å². The van der Waals surface area contributed by atoms with Gasteiger partial charge in [-0.1, -0.05) is 74.3 Å². The van der Waals surface area contributed by atoms with E-state index < -0.39 is 53.1 Å². The molecule has 1 rings (SSSR count). The molecular weight excluding hydrogens is 552 g/mol. The van der Waals surface area contributed by atoms with Crippen molar-refractivity contribution in [3.05, 3.63) is 12.7 Å². The molecule has 1 saturated heterocycles. The smallest absolute Gasteiger partial charge is 0.315 e. The Kier molecular flexibility index (Phi) is 17.4. The van der Waals surface area contributed by atoms with Crippen LogP contribution < -0.4 is 21.3 Å². The fourth-order valence-electron chi connectivity index (χ4n) is 4.26. The molecule has 0 bridgehead atoms. The highest BCUT2D eigenvalue weighted by atomic mass is 16.2. The molecule has 6 amide bonds. The van der Waals surface area contributed by atoms with Crippen LogP contribution in [0.4, 0.5) is 4.79 Å². The maximum Gasteiger partial charge on any atom is 0.315 e. The third kappa shape index (κ3) is 14.1. The highest BCUT2D eigenvalue weighted by molar-refractivity contribution is 6.38. The predicted molar refractivity (Wildman–Crippen MR) is 168 cm³/mol. The van der Waals surface area contributed by atoms with Gasteiger partial charge >= 0.3 is 6.03 Å². The quantitative estimate of drug-likeness (QED) is 0.186. The molecule has 1 unspecified atom stereocenters. The van der Waals surface area contributed by atoms with Crippen LogP contribution in [0.1, 0.15) is 81.1 Å². The summed E-state index contributed by atoms with van der Waals surface area (Å²) < 4.78 is 0. The van der Waals surface area contributed by atoms with E-state index in [2.05, 4.69) is 48.6 Å². The second kappa shape index (κ2) is 19.0. The van der Waals surface area contributed by atoms with Crippen molar-refractivity contribution in [2.75, 3.05) is 33.7 Å². The summed E-state index contributed by atoms with van der Waals surface area (Å²) in [6, 6.07) is -3.56. The van der Waals surface area contributed by atoms with Gasteiger partial charge in [-0.3, -0.25) is 24.0 Å². The molecule has 0 aliphatic carbocycles. The van der Waals surface area contributed by atoms with E-state index in [0.29, 0.717) is 19.4 Å². The van der Waals surface area contributed by atoms with Crippen LogP contribution in [-0.2, 0) is 24.0 Å². The van der Waals surface area contributed by atoms with Crippen LogP contribution in [0.2, 0.25) is 0 Å². The third-order valence-corrected chi connectivity index (χ3v) is 6.68. The number of rotatable bonds is 13. The Bertz CT molecular complexity index is 972. The lowest BCUT2D eigenvalue weighted by molar-refractivity contribution is -0.143. The highest BCUT2D eigenvalue weighted by Crippen LogP contribution is 2.30. The fourth-order valence-corrected chi connectivity index (χ4v) is 4.26. The Hall–Kier alpha value is -3.44. The van der Waals surface area contributed by atoms with Gasteiger partial charge in [-0.2, -0.15) is 0 Å². The van der Waals surface area contributed by atoms with E-state index in [1.165, 1.54) is 15.9 Å². The Balaban J connectivity index is 0.00000413. The minimum Gasteiger partial charge on any atom is -0.347 e. The van der Waals surface area contributed by atoms with E-state index in [9.17, 15) is 28.8 Å². The van der Waals surface area contributed by atoms with E-state index >= 15 is 0 Å². The summed E-state index contributed by atoms with van der Waals surface area (Å²) in [5, 5.41) is 10.3. The summed E-state index contributed by atoms with van der Waals surface area (Å²) >= 11 is 0. The molecule has 43 heavy (non-hydrogen) atoms. The van der Waals surface area contributed by atoms with Gasteiger partial charge in [-0.25, -0.2) is 4.79 Å². The van der Waals surface area contributed by atoms with Crippen molar-refractivity contribution < 1.29 is 28.8 Å². The van der Waals surface area contributed by atoms with Crippen LogP contribution in [0.5, 0.6) is 0 Å². The third-order valence-electron chi connectivity index (χ3n) is 6.68. The van der Waals surface area contributed by atoms with E-state index in [1.54, 1.807) is 34.9 Å². The number of carbonyl (C=O) groups excluding carboxylic acids is 6. The summed E-state index contributed by atoms with van der Waals surface area (Å²) in [6.45, 7) is 19.4. The topological polar surface area (TPSA) is 157 Å². The Morgan fingerprint density at radius 1 is 1.00 bits per heavy atom. The minimum atomic E-state index is -1.03. The Morgan fingerprint density at radius 3 is 2.05 bits per heavy atom. The average molecular weight is 609 g/mol. The summed E-state index contributed by atoms with van der Waals surface area (Å²) in [5.74, 6) is -1.94. The van der Waals surface area contributed by atoms with E-state index in [1.807, 2.05) is 13.8 Å². The molecule has 4 N–H and O–H groups in total. The molecule has 0 aromatic heterocycles. The normalized spacial score (nSPS) is 17.5. The van der Waals surface area contributed by atoms with Crippen LogP contribution in [0.25, 0.3) is 0 Å². The molecule has 1 aliphatic heterocycles. The van der Waals surface area contributed by atoms with Crippen molar-refractivity contribution >= 4 is 35.4 Å². The SMILES string of the molecule is C=CCNC(=O)C(=O)C(CCC)NC(=O)[C@@H]1C[C@@H](CC)CN1C(=O)[C@@H](NC(=O)NCC(=O)N(C)C)C(C)(C)C.CC(C)C. The number of Topliss-reactive ketones (excluding diaryl/α,β-unsaturated/α-hetero) is 1. The zero-order chi connectivity index (χ0) is 33.5. The van der Waals surface area contributed by atoms with Gasteiger partial charge in [0, 0.05) is 27.2 Å². The van der Waals surface area contributed by atoms with Gasteiger partial charge in [-0.15, -0.1) is 6.58 Å². The number of likely N-dealkylation sites (N-methyl/N-ethyl adjacent to an activating group) is 1. The molecule has 1 fully saturated rings. The number of hydrogen-bond acceptors (Lipinski definition) is 6. The molecule has 0 aromatic rings. The second-order valence-electron chi connectivity index (χ2n) is 12.9. The van der Waals surface area contributed by atoms with Crippen LogP contribution >= 0.6 is 0 Å². The standard InChI is InChI=1S/C27H46N6O6.C4H10/c1-9-12-18(21(35)24(37)28-13-10-2)30-23(36)19-14-17(11-3)16-33(19)25(38)22(27(4,5)6)31-26(39)29-15-20(34)32(7)8;1-4(2)3/h10,17-19,22H,2,9,11-16H2,1,3-8H3,(H,28,37)(H,30,36)(H2,29,31,39);4H,1-3H3/t17-,18?,19+,22-;/m1./s1. The van der Waals surface area contributed by atoms with E-state index in [0.717, 1.165) is 12.3 Å². The maximum atomic E-state index is 13.8. The Labute approximate surface area is 258 Å². The zero-order valence-corrected chi connectivity index (χ0v) is 28.0. The lowest BCUT2D eigenvalue weighted by Gasteiger charge is -2.35. The van der Waals surface area contributed by atoms with Crippen LogP contribution in [0.15, 0.2) is 12.7 Å². The molecule has 0 saturated carbocycles. The molecule has 1 heterocycles. The van der Waals surface area contributed by atoms with Crippen LogP contribution in [0.3, 0.4) is 0 Å². The number of nitrogens with one attached hydrogen (secondary N) is 4. The molecule has 0 spiro atoms.